The normalized spacial score (nSPS) is 26.9. The van der Waals surface area contributed by atoms with E-state index in [-0.39, 0.29) is 29.7 Å². The van der Waals surface area contributed by atoms with Crippen molar-refractivity contribution in [2.45, 2.75) is 24.6 Å². The second kappa shape index (κ2) is 5.54. The van der Waals surface area contributed by atoms with Crippen LogP contribution in [0.5, 0.6) is 0 Å². The highest BCUT2D eigenvalue weighted by atomic mass is 32.2. The Hall–Kier alpha value is -0.750. The molecule has 1 aliphatic carbocycles. The predicted molar refractivity (Wildman–Crippen MR) is 61.2 cm³/mol. The molecule has 0 aromatic heterocycles. The van der Waals surface area contributed by atoms with Gasteiger partial charge in [-0.25, -0.2) is 0 Å². The van der Waals surface area contributed by atoms with E-state index in [9.17, 15) is 9.59 Å². The number of aliphatic hydroxyl groups excluding tert-OH is 1. The Morgan fingerprint density at radius 1 is 1.50 bits per heavy atom. The number of carboxylic acid groups (broad SMARTS) is 1. The second-order valence-corrected chi connectivity index (χ2v) is 5.12. The maximum atomic E-state index is 11.6. The van der Waals surface area contributed by atoms with E-state index in [0.717, 1.165) is 0 Å². The van der Waals surface area contributed by atoms with Crippen molar-refractivity contribution < 1.29 is 19.8 Å². The summed E-state index contributed by atoms with van der Waals surface area (Å²) in [5.74, 6) is -2.03. The summed E-state index contributed by atoms with van der Waals surface area (Å²) in [6, 6.07) is -0.150. The Morgan fingerprint density at radius 3 is 2.50 bits per heavy atom. The fourth-order valence-corrected chi connectivity index (χ4v) is 2.24. The van der Waals surface area contributed by atoms with Crippen molar-refractivity contribution in [3.05, 3.63) is 0 Å². The molecule has 16 heavy (non-hydrogen) atoms. The van der Waals surface area contributed by atoms with Crippen LogP contribution in [0.4, 0.5) is 0 Å². The van der Waals surface area contributed by atoms with Gasteiger partial charge in [-0.3, -0.25) is 9.59 Å². The van der Waals surface area contributed by atoms with Gasteiger partial charge in [0.05, 0.1) is 18.4 Å². The van der Waals surface area contributed by atoms with E-state index in [2.05, 4.69) is 5.32 Å². The van der Waals surface area contributed by atoms with Crippen molar-refractivity contribution >= 4 is 23.6 Å². The van der Waals surface area contributed by atoms with E-state index in [0.29, 0.717) is 6.42 Å². The summed E-state index contributed by atoms with van der Waals surface area (Å²) in [7, 11) is 0. The summed E-state index contributed by atoms with van der Waals surface area (Å²) in [5.41, 5.74) is 0. The number of carboxylic acids is 1. The van der Waals surface area contributed by atoms with Gasteiger partial charge < -0.3 is 15.5 Å². The number of rotatable bonds is 6. The molecule has 0 bridgehead atoms. The third-order valence-electron chi connectivity index (χ3n) is 2.85. The van der Waals surface area contributed by atoms with Gasteiger partial charge in [-0.05, 0) is 19.6 Å². The smallest absolute Gasteiger partial charge is 0.307 e. The van der Waals surface area contributed by atoms with Gasteiger partial charge >= 0.3 is 5.97 Å². The number of thioether (sulfide) groups is 1. The fourth-order valence-electron chi connectivity index (χ4n) is 1.62. The van der Waals surface area contributed by atoms with Crippen molar-refractivity contribution in [1.29, 1.82) is 0 Å². The van der Waals surface area contributed by atoms with Gasteiger partial charge in [0.1, 0.15) is 0 Å². The lowest BCUT2D eigenvalue weighted by atomic mass is 10.2. The van der Waals surface area contributed by atoms with E-state index in [4.69, 9.17) is 10.2 Å². The van der Waals surface area contributed by atoms with E-state index in [1.807, 2.05) is 13.2 Å². The number of aliphatic carboxylic acids is 1. The number of hydrogen-bond acceptors (Lipinski definition) is 4. The molecule has 0 spiro atoms. The Bertz CT molecular complexity index is 280. The highest BCUT2D eigenvalue weighted by Gasteiger charge is 2.48. The first kappa shape index (κ1) is 13.3. The summed E-state index contributed by atoms with van der Waals surface area (Å²) in [5, 5.41) is 20.4. The number of hydrogen-bond donors (Lipinski definition) is 3. The minimum atomic E-state index is -0.906. The summed E-state index contributed by atoms with van der Waals surface area (Å²) in [6.07, 6.45) is 2.29. The molecule has 1 aliphatic rings. The first-order chi connectivity index (χ1) is 7.51. The molecule has 0 saturated heterocycles. The highest BCUT2D eigenvalue weighted by Crippen LogP contribution is 2.38. The van der Waals surface area contributed by atoms with E-state index < -0.39 is 11.9 Å². The molecule has 1 amide bonds. The number of carbonyl (C=O) groups excluding carboxylic acids is 1. The van der Waals surface area contributed by atoms with Crippen molar-refractivity contribution in [1.82, 2.24) is 5.32 Å². The molecule has 6 heteroatoms. The van der Waals surface area contributed by atoms with E-state index in [1.165, 1.54) is 11.8 Å². The molecule has 92 valence electrons. The Morgan fingerprint density at radius 2 is 2.12 bits per heavy atom. The third kappa shape index (κ3) is 3.12. The molecule has 1 saturated carbocycles. The maximum Gasteiger partial charge on any atom is 0.307 e. The molecule has 0 aromatic rings. The molecule has 4 atom stereocenters. The first-order valence-corrected chi connectivity index (χ1v) is 6.46. The van der Waals surface area contributed by atoms with E-state index >= 15 is 0 Å². The average Bonchev–Trinajstić information content (AvgIpc) is 2.98. The Kier molecular flexibility index (Phi) is 4.61. The van der Waals surface area contributed by atoms with Crippen LogP contribution in [0, 0.1) is 11.8 Å². The Labute approximate surface area is 98.6 Å². The van der Waals surface area contributed by atoms with Crippen LogP contribution in [-0.4, -0.2) is 46.2 Å². The van der Waals surface area contributed by atoms with Gasteiger partial charge in [0, 0.05) is 11.3 Å². The lowest BCUT2D eigenvalue weighted by Gasteiger charge is -2.21. The van der Waals surface area contributed by atoms with Crippen LogP contribution in [0.15, 0.2) is 0 Å². The zero-order valence-corrected chi connectivity index (χ0v) is 10.2. The monoisotopic (exact) mass is 247 g/mol. The largest absolute Gasteiger partial charge is 0.481 e. The minimum absolute atomic E-state index is 0.00433. The highest BCUT2D eigenvalue weighted by molar-refractivity contribution is 7.99. The third-order valence-corrected chi connectivity index (χ3v) is 4.02. The van der Waals surface area contributed by atoms with Crippen molar-refractivity contribution in [2.24, 2.45) is 11.8 Å². The lowest BCUT2D eigenvalue weighted by Crippen LogP contribution is -2.42. The fraction of sp³-hybridized carbons (Fsp3) is 0.800. The molecule has 0 radical (unpaired) electrons. The quantitative estimate of drug-likeness (QED) is 0.612. The first-order valence-electron chi connectivity index (χ1n) is 5.18. The van der Waals surface area contributed by atoms with Gasteiger partial charge in [0.15, 0.2) is 0 Å². The number of amides is 1. The zero-order valence-electron chi connectivity index (χ0n) is 9.34. The molecule has 5 nitrogen and oxygen atoms in total. The van der Waals surface area contributed by atoms with Crippen molar-refractivity contribution in [2.75, 3.05) is 12.9 Å². The predicted octanol–water partition coefficient (Wildman–Crippen LogP) is -0.0643. The molecule has 0 aliphatic heterocycles. The molecule has 1 fully saturated rings. The van der Waals surface area contributed by atoms with Crippen LogP contribution in [-0.2, 0) is 9.59 Å². The van der Waals surface area contributed by atoms with Crippen molar-refractivity contribution in [3.8, 4) is 0 Å². The van der Waals surface area contributed by atoms with Crippen molar-refractivity contribution in [3.63, 3.8) is 0 Å². The van der Waals surface area contributed by atoms with Gasteiger partial charge in [0.25, 0.3) is 0 Å². The molecule has 0 heterocycles. The average molecular weight is 247 g/mol. The van der Waals surface area contributed by atoms with Crippen LogP contribution in [0.2, 0.25) is 0 Å². The number of carbonyl (C=O) groups is 2. The molecule has 0 aromatic carbocycles. The molecule has 2 unspecified atom stereocenters. The summed E-state index contributed by atoms with van der Waals surface area (Å²) in [6.45, 7) is 1.81. The van der Waals surface area contributed by atoms with Crippen LogP contribution < -0.4 is 5.32 Å². The maximum absolute atomic E-state index is 11.6. The second-order valence-electron chi connectivity index (χ2n) is 4.04. The molecule has 3 N–H and O–H groups in total. The number of nitrogens with one attached hydrogen (secondary N) is 1. The summed E-state index contributed by atoms with van der Waals surface area (Å²) in [4.78, 5) is 22.2. The standard InChI is InChI=1S/C10H17NO4S/c1-5(8(4-12)16-2)11-9(13)6-3-7(6)10(14)15/h5-8,12H,3-4H2,1-2H3,(H,11,13)(H,14,15)/t5?,6-,7+,8?/m1/s1. The Balaban J connectivity index is 2.38. The summed E-state index contributed by atoms with van der Waals surface area (Å²) >= 11 is 1.48. The van der Waals surface area contributed by atoms with Gasteiger partial charge in [-0.2, -0.15) is 11.8 Å². The minimum Gasteiger partial charge on any atom is -0.481 e. The van der Waals surface area contributed by atoms with Crippen LogP contribution >= 0.6 is 11.8 Å². The van der Waals surface area contributed by atoms with Gasteiger partial charge in [-0.1, -0.05) is 0 Å². The van der Waals surface area contributed by atoms with Crippen LogP contribution in [0.25, 0.3) is 0 Å². The zero-order chi connectivity index (χ0) is 12.3. The topological polar surface area (TPSA) is 86.6 Å². The molecular formula is C10H17NO4S. The molecular weight excluding hydrogens is 230 g/mol. The number of aliphatic hydroxyl groups is 1. The van der Waals surface area contributed by atoms with Gasteiger partial charge in [-0.15, -0.1) is 0 Å². The molecule has 1 rings (SSSR count). The van der Waals surface area contributed by atoms with Crippen LogP contribution in [0.3, 0.4) is 0 Å². The lowest BCUT2D eigenvalue weighted by molar-refractivity contribution is -0.140. The van der Waals surface area contributed by atoms with E-state index in [1.54, 1.807) is 0 Å². The van der Waals surface area contributed by atoms with Crippen LogP contribution in [0.1, 0.15) is 13.3 Å². The SMILES string of the molecule is CSC(CO)C(C)NC(=O)[C@@H]1C[C@@H]1C(=O)O. The summed E-state index contributed by atoms with van der Waals surface area (Å²) < 4.78 is 0. The van der Waals surface area contributed by atoms with Gasteiger partial charge in [0.2, 0.25) is 5.91 Å².